The van der Waals surface area contributed by atoms with Gasteiger partial charge in [-0.05, 0) is 72.1 Å². The quantitative estimate of drug-likeness (QED) is 0.591. The van der Waals surface area contributed by atoms with Gasteiger partial charge in [-0.15, -0.1) is 0 Å². The van der Waals surface area contributed by atoms with Crippen LogP contribution in [0.25, 0.3) is 11.6 Å². The molecular weight excluding hydrogens is 389 g/mol. The van der Waals surface area contributed by atoms with Gasteiger partial charge >= 0.3 is 5.97 Å². The minimum Gasteiger partial charge on any atom is -0.478 e. The molecule has 4 heteroatoms. The average Bonchev–Trinajstić information content (AvgIpc) is 3.10. The van der Waals surface area contributed by atoms with Crippen molar-refractivity contribution in [2.75, 3.05) is 13.2 Å². The maximum atomic E-state index is 13.5. The van der Waals surface area contributed by atoms with Gasteiger partial charge in [-0.25, -0.2) is 4.79 Å². The molecule has 0 bridgehead atoms. The molecule has 1 aliphatic heterocycles. The number of fused-ring (bicyclic) bond motifs is 2. The molecule has 2 aromatic carbocycles. The van der Waals surface area contributed by atoms with E-state index in [9.17, 15) is 9.18 Å². The van der Waals surface area contributed by atoms with Gasteiger partial charge in [-0.1, -0.05) is 55.5 Å². The molecule has 4 rings (SSSR count). The first-order chi connectivity index (χ1) is 14.8. The van der Waals surface area contributed by atoms with Crippen molar-refractivity contribution in [1.29, 1.82) is 0 Å². The number of carboxylic acid groups (broad SMARTS) is 1. The second-order valence-corrected chi connectivity index (χ2v) is 9.48. The summed E-state index contributed by atoms with van der Waals surface area (Å²) in [5, 5.41) is 8.89. The number of halogens is 1. The van der Waals surface area contributed by atoms with Crippen molar-refractivity contribution < 1.29 is 14.3 Å². The van der Waals surface area contributed by atoms with Crippen molar-refractivity contribution in [2.45, 2.75) is 45.2 Å². The van der Waals surface area contributed by atoms with Gasteiger partial charge in [0.25, 0.3) is 0 Å². The van der Waals surface area contributed by atoms with Crippen LogP contribution in [0.1, 0.15) is 55.5 Å². The van der Waals surface area contributed by atoms with Gasteiger partial charge in [-0.3, -0.25) is 9.29 Å². The van der Waals surface area contributed by atoms with Gasteiger partial charge in [0.05, 0.1) is 12.7 Å². The Morgan fingerprint density at radius 3 is 2.61 bits per heavy atom. The smallest absolute Gasteiger partial charge is 0.328 e. The highest BCUT2D eigenvalue weighted by Crippen LogP contribution is 2.51. The number of aliphatic carboxylic acids is 1. The van der Waals surface area contributed by atoms with Crippen molar-refractivity contribution in [3.05, 3.63) is 82.4 Å². The van der Waals surface area contributed by atoms with Crippen LogP contribution in [-0.2, 0) is 11.2 Å². The molecular formula is C27H30FNO2. The highest BCUT2D eigenvalue weighted by Gasteiger charge is 2.44. The second-order valence-electron chi connectivity index (χ2n) is 9.48. The topological polar surface area (TPSA) is 40.5 Å². The van der Waals surface area contributed by atoms with E-state index in [0.29, 0.717) is 6.54 Å². The molecule has 0 saturated carbocycles. The molecule has 1 N–H and O–H groups in total. The SMILES string of the molecule is C[C@H](CF)CN1C(c2ccc(/C=C/C(=O)O)cc2)C2=C(CC1(C)C)c1ccccc1C2. The standard InChI is InChI=1S/C27H30FNO2/c1-18(16-28)17-29-26(20-11-8-19(9-12-20)10-13-25(30)31)23-14-21-6-4-5-7-22(21)24(23)15-27(29,2)3/h4-13,18,26H,14-17H2,1-3H3,(H,30,31)/b13-10+/t18-,26?/m1/s1. The Labute approximate surface area is 183 Å². The minimum atomic E-state index is -0.956. The molecule has 1 aliphatic carbocycles. The number of alkyl halides is 1. The van der Waals surface area contributed by atoms with Gasteiger partial charge in [0.2, 0.25) is 0 Å². The summed E-state index contributed by atoms with van der Waals surface area (Å²) in [5.74, 6) is -0.992. The molecule has 2 aliphatic rings. The summed E-state index contributed by atoms with van der Waals surface area (Å²) in [6, 6.07) is 16.9. The molecule has 0 radical (unpaired) electrons. The second kappa shape index (κ2) is 8.43. The van der Waals surface area contributed by atoms with Gasteiger partial charge in [0.15, 0.2) is 0 Å². The van der Waals surface area contributed by atoms with E-state index in [1.54, 1.807) is 6.08 Å². The zero-order valence-corrected chi connectivity index (χ0v) is 18.4. The highest BCUT2D eigenvalue weighted by molar-refractivity contribution is 5.85. The van der Waals surface area contributed by atoms with Crippen molar-refractivity contribution in [3.63, 3.8) is 0 Å². The van der Waals surface area contributed by atoms with Crippen LogP contribution in [0.5, 0.6) is 0 Å². The number of carboxylic acids is 1. The first-order valence-corrected chi connectivity index (χ1v) is 10.9. The van der Waals surface area contributed by atoms with E-state index in [2.05, 4.69) is 55.1 Å². The fraction of sp³-hybridized carbons (Fsp3) is 0.370. The van der Waals surface area contributed by atoms with E-state index in [1.165, 1.54) is 27.8 Å². The molecule has 2 atom stereocenters. The molecule has 31 heavy (non-hydrogen) atoms. The van der Waals surface area contributed by atoms with Crippen LogP contribution in [0.15, 0.2) is 60.2 Å². The maximum Gasteiger partial charge on any atom is 0.328 e. The van der Waals surface area contributed by atoms with Crippen LogP contribution in [0.3, 0.4) is 0 Å². The first kappa shape index (κ1) is 21.5. The number of carbonyl (C=O) groups is 1. The summed E-state index contributed by atoms with van der Waals surface area (Å²) in [6.45, 7) is 6.87. The van der Waals surface area contributed by atoms with Crippen molar-refractivity contribution in [3.8, 4) is 0 Å². The maximum absolute atomic E-state index is 13.5. The number of benzene rings is 2. The van der Waals surface area contributed by atoms with Gasteiger partial charge in [0, 0.05) is 18.2 Å². The number of nitrogens with zero attached hydrogens (tertiary/aromatic N) is 1. The molecule has 0 spiro atoms. The van der Waals surface area contributed by atoms with Gasteiger partial charge in [0.1, 0.15) is 0 Å². The minimum absolute atomic E-state index is 0.0366. The Balaban J connectivity index is 1.78. The predicted molar refractivity (Wildman–Crippen MR) is 123 cm³/mol. The van der Waals surface area contributed by atoms with Crippen LogP contribution in [0, 0.1) is 5.92 Å². The third-order valence-electron chi connectivity index (χ3n) is 6.58. The van der Waals surface area contributed by atoms with E-state index in [4.69, 9.17) is 5.11 Å². The normalized spacial score (nSPS) is 21.2. The van der Waals surface area contributed by atoms with Crippen molar-refractivity contribution >= 4 is 17.6 Å². The number of rotatable bonds is 6. The Morgan fingerprint density at radius 2 is 1.94 bits per heavy atom. The molecule has 3 nitrogen and oxygen atoms in total. The monoisotopic (exact) mass is 419 g/mol. The third kappa shape index (κ3) is 4.22. The average molecular weight is 420 g/mol. The lowest BCUT2D eigenvalue weighted by Gasteiger charge is -2.50. The fourth-order valence-corrected chi connectivity index (χ4v) is 5.07. The van der Waals surface area contributed by atoms with Crippen LogP contribution in [0.2, 0.25) is 0 Å². The van der Waals surface area contributed by atoms with Crippen LogP contribution >= 0.6 is 0 Å². The molecule has 0 saturated heterocycles. The van der Waals surface area contributed by atoms with E-state index < -0.39 is 5.97 Å². The van der Waals surface area contributed by atoms with E-state index >= 15 is 0 Å². The summed E-state index contributed by atoms with van der Waals surface area (Å²) in [6.07, 6.45) is 4.64. The largest absolute Gasteiger partial charge is 0.478 e. The van der Waals surface area contributed by atoms with Crippen LogP contribution < -0.4 is 0 Å². The Bertz CT molecular complexity index is 1040. The Kier molecular flexibility index (Phi) is 5.85. The number of hydrogen-bond acceptors (Lipinski definition) is 2. The van der Waals surface area contributed by atoms with Crippen LogP contribution in [0.4, 0.5) is 4.39 Å². The van der Waals surface area contributed by atoms with Crippen molar-refractivity contribution in [1.82, 2.24) is 4.90 Å². The molecule has 0 fully saturated rings. The van der Waals surface area contributed by atoms with Gasteiger partial charge in [-0.2, -0.15) is 0 Å². The van der Waals surface area contributed by atoms with E-state index in [0.717, 1.165) is 24.5 Å². The van der Waals surface area contributed by atoms with Crippen molar-refractivity contribution in [2.24, 2.45) is 5.92 Å². The summed E-state index contributed by atoms with van der Waals surface area (Å²) in [5.41, 5.74) is 7.50. The van der Waals surface area contributed by atoms with E-state index in [-0.39, 0.29) is 24.2 Å². The lowest BCUT2D eigenvalue weighted by Crippen LogP contribution is -2.51. The molecule has 1 unspecified atom stereocenters. The molecule has 162 valence electrons. The summed E-state index contributed by atoms with van der Waals surface area (Å²) in [4.78, 5) is 13.3. The molecule has 2 aromatic rings. The third-order valence-corrected chi connectivity index (χ3v) is 6.58. The molecule has 0 amide bonds. The molecule has 1 heterocycles. The highest BCUT2D eigenvalue weighted by atomic mass is 19.1. The lowest BCUT2D eigenvalue weighted by molar-refractivity contribution is -0.131. The first-order valence-electron chi connectivity index (χ1n) is 10.9. The summed E-state index contributed by atoms with van der Waals surface area (Å²) >= 11 is 0. The fourth-order valence-electron chi connectivity index (χ4n) is 5.07. The Morgan fingerprint density at radius 1 is 1.23 bits per heavy atom. The zero-order chi connectivity index (χ0) is 22.2. The Hall–Kier alpha value is -2.72. The number of hydrogen-bond donors (Lipinski definition) is 1. The summed E-state index contributed by atoms with van der Waals surface area (Å²) < 4.78 is 13.5. The zero-order valence-electron chi connectivity index (χ0n) is 18.4. The van der Waals surface area contributed by atoms with Crippen LogP contribution in [-0.4, -0.2) is 34.7 Å². The summed E-state index contributed by atoms with van der Waals surface area (Å²) in [7, 11) is 0. The predicted octanol–water partition coefficient (Wildman–Crippen LogP) is 5.93. The van der Waals surface area contributed by atoms with Gasteiger partial charge < -0.3 is 5.11 Å². The van der Waals surface area contributed by atoms with E-state index in [1.807, 2.05) is 19.1 Å². The lowest BCUT2D eigenvalue weighted by atomic mass is 9.78. The molecule has 0 aromatic heterocycles.